The van der Waals surface area contributed by atoms with Gasteiger partial charge in [0.2, 0.25) is 0 Å². The van der Waals surface area contributed by atoms with Crippen LogP contribution in [0.3, 0.4) is 0 Å². The summed E-state index contributed by atoms with van der Waals surface area (Å²) in [5.41, 5.74) is 6.79. The Morgan fingerprint density at radius 3 is 2.12 bits per heavy atom. The lowest BCUT2D eigenvalue weighted by Crippen LogP contribution is -2.35. The fourth-order valence-corrected chi connectivity index (χ4v) is 3.09. The highest BCUT2D eigenvalue weighted by molar-refractivity contribution is 4.84. The summed E-state index contributed by atoms with van der Waals surface area (Å²) in [5, 5.41) is 0. The first kappa shape index (κ1) is 14.0. The summed E-state index contributed by atoms with van der Waals surface area (Å²) in [5.74, 6) is 1.73. The minimum Gasteiger partial charge on any atom is -0.327 e. The molecular weight excluding hydrogens is 194 g/mol. The van der Waals surface area contributed by atoms with E-state index in [1.54, 1.807) is 0 Å². The molecule has 1 heteroatoms. The van der Waals surface area contributed by atoms with Crippen molar-refractivity contribution in [3.05, 3.63) is 0 Å². The van der Waals surface area contributed by atoms with Crippen LogP contribution in [0.5, 0.6) is 0 Å². The molecule has 1 aliphatic carbocycles. The van der Waals surface area contributed by atoms with Crippen molar-refractivity contribution in [2.24, 2.45) is 23.0 Å². The van der Waals surface area contributed by atoms with Crippen molar-refractivity contribution in [2.75, 3.05) is 0 Å². The Morgan fingerprint density at radius 2 is 1.69 bits per heavy atom. The molecule has 0 aliphatic heterocycles. The van der Waals surface area contributed by atoms with Crippen LogP contribution in [0.15, 0.2) is 0 Å². The second kappa shape index (κ2) is 6.05. The van der Waals surface area contributed by atoms with Crippen LogP contribution in [0.25, 0.3) is 0 Å². The first-order valence-corrected chi connectivity index (χ1v) is 7.20. The summed E-state index contributed by atoms with van der Waals surface area (Å²) in [7, 11) is 0. The number of rotatable bonds is 4. The normalized spacial score (nSPS) is 29.1. The predicted octanol–water partition coefficient (Wildman–Crippen LogP) is 4.36. The minimum atomic E-state index is 0.473. The fraction of sp³-hybridized carbons (Fsp3) is 1.00. The van der Waals surface area contributed by atoms with Crippen molar-refractivity contribution in [3.63, 3.8) is 0 Å². The van der Waals surface area contributed by atoms with Crippen LogP contribution in [-0.2, 0) is 0 Å². The Morgan fingerprint density at radius 1 is 1.12 bits per heavy atom. The maximum Gasteiger partial charge on any atom is 0.00671 e. The molecule has 0 heterocycles. The molecule has 0 aromatic heterocycles. The molecule has 1 fully saturated rings. The van der Waals surface area contributed by atoms with E-state index in [1.807, 2.05) is 0 Å². The number of hydrogen-bond acceptors (Lipinski definition) is 1. The predicted molar refractivity (Wildman–Crippen MR) is 72.4 cm³/mol. The Bertz CT molecular complexity index is 184. The van der Waals surface area contributed by atoms with Crippen molar-refractivity contribution in [3.8, 4) is 0 Å². The van der Waals surface area contributed by atoms with E-state index in [-0.39, 0.29) is 0 Å². The molecule has 0 spiro atoms. The smallest absolute Gasteiger partial charge is 0.00671 e. The summed E-state index contributed by atoms with van der Waals surface area (Å²) in [6, 6.07) is 0.473. The molecule has 0 saturated heterocycles. The molecule has 16 heavy (non-hydrogen) atoms. The average Bonchev–Trinajstić information content (AvgIpc) is 2.25. The van der Waals surface area contributed by atoms with Crippen LogP contribution in [-0.4, -0.2) is 6.04 Å². The molecule has 0 aromatic carbocycles. The molecule has 1 nitrogen and oxygen atoms in total. The molecule has 1 unspecified atom stereocenters. The zero-order valence-electron chi connectivity index (χ0n) is 11.8. The number of unbranched alkanes of at least 4 members (excludes halogenated alkanes) is 1. The number of nitrogens with two attached hydrogens (primary N) is 1. The molecular formula is C15H31N. The van der Waals surface area contributed by atoms with E-state index in [4.69, 9.17) is 5.73 Å². The van der Waals surface area contributed by atoms with E-state index in [0.29, 0.717) is 11.5 Å². The molecule has 1 atom stereocenters. The standard InChI is InChI=1S/C15H31N/c1-5-6-7-14(16)12-8-10-13(11-9-12)15(2,3)4/h12-14H,5-11,16H2,1-4H3. The quantitative estimate of drug-likeness (QED) is 0.756. The molecule has 1 saturated carbocycles. The van der Waals surface area contributed by atoms with Crippen LogP contribution in [0.4, 0.5) is 0 Å². The summed E-state index contributed by atoms with van der Waals surface area (Å²) < 4.78 is 0. The van der Waals surface area contributed by atoms with Gasteiger partial charge in [0.1, 0.15) is 0 Å². The maximum absolute atomic E-state index is 6.29. The Balaban J connectivity index is 2.31. The topological polar surface area (TPSA) is 26.0 Å². The molecule has 0 bridgehead atoms. The van der Waals surface area contributed by atoms with Gasteiger partial charge in [-0.1, -0.05) is 40.5 Å². The Hall–Kier alpha value is -0.0400. The molecule has 1 aliphatic rings. The van der Waals surface area contributed by atoms with Crippen molar-refractivity contribution >= 4 is 0 Å². The first-order valence-electron chi connectivity index (χ1n) is 7.20. The third-order valence-corrected chi connectivity index (χ3v) is 4.49. The Kier molecular flexibility index (Phi) is 5.30. The fourth-order valence-electron chi connectivity index (χ4n) is 3.09. The molecule has 0 aromatic rings. The largest absolute Gasteiger partial charge is 0.327 e. The highest BCUT2D eigenvalue weighted by Gasteiger charge is 2.31. The summed E-state index contributed by atoms with van der Waals surface area (Å²) in [6.45, 7) is 9.40. The second-order valence-corrected chi connectivity index (χ2v) is 6.78. The summed E-state index contributed by atoms with van der Waals surface area (Å²) in [4.78, 5) is 0. The zero-order valence-corrected chi connectivity index (χ0v) is 11.8. The maximum atomic E-state index is 6.29. The van der Waals surface area contributed by atoms with Crippen molar-refractivity contribution in [2.45, 2.75) is 78.7 Å². The Labute approximate surface area is 102 Å². The van der Waals surface area contributed by atoms with Gasteiger partial charge in [0, 0.05) is 6.04 Å². The third-order valence-electron chi connectivity index (χ3n) is 4.49. The van der Waals surface area contributed by atoms with Gasteiger partial charge >= 0.3 is 0 Å². The third kappa shape index (κ3) is 4.08. The zero-order chi connectivity index (χ0) is 12.2. The van der Waals surface area contributed by atoms with Crippen molar-refractivity contribution in [1.82, 2.24) is 0 Å². The summed E-state index contributed by atoms with van der Waals surface area (Å²) in [6.07, 6.45) is 9.36. The van der Waals surface area contributed by atoms with Crippen LogP contribution in [0.1, 0.15) is 72.6 Å². The molecule has 2 N–H and O–H groups in total. The monoisotopic (exact) mass is 225 g/mol. The van der Waals surface area contributed by atoms with Crippen molar-refractivity contribution in [1.29, 1.82) is 0 Å². The SMILES string of the molecule is CCCCC(N)C1CCC(C(C)(C)C)CC1. The van der Waals surface area contributed by atoms with Gasteiger partial charge in [-0.3, -0.25) is 0 Å². The van der Waals surface area contributed by atoms with Gasteiger partial charge in [-0.2, -0.15) is 0 Å². The highest BCUT2D eigenvalue weighted by atomic mass is 14.6. The van der Waals surface area contributed by atoms with E-state index >= 15 is 0 Å². The number of hydrogen-bond donors (Lipinski definition) is 1. The van der Waals surface area contributed by atoms with Crippen LogP contribution >= 0.6 is 0 Å². The molecule has 0 radical (unpaired) electrons. The van der Waals surface area contributed by atoms with Gasteiger partial charge < -0.3 is 5.73 Å². The van der Waals surface area contributed by atoms with Gasteiger partial charge in [-0.15, -0.1) is 0 Å². The minimum absolute atomic E-state index is 0.473. The van der Waals surface area contributed by atoms with E-state index < -0.39 is 0 Å². The average molecular weight is 225 g/mol. The van der Waals surface area contributed by atoms with E-state index in [0.717, 1.165) is 11.8 Å². The lowest BCUT2D eigenvalue weighted by atomic mass is 9.68. The summed E-state index contributed by atoms with van der Waals surface area (Å²) >= 11 is 0. The van der Waals surface area contributed by atoms with Crippen LogP contribution in [0.2, 0.25) is 0 Å². The van der Waals surface area contributed by atoms with Gasteiger partial charge in [-0.05, 0) is 49.4 Å². The van der Waals surface area contributed by atoms with E-state index in [9.17, 15) is 0 Å². The van der Waals surface area contributed by atoms with Gasteiger partial charge in [0.15, 0.2) is 0 Å². The van der Waals surface area contributed by atoms with Gasteiger partial charge in [0.25, 0.3) is 0 Å². The van der Waals surface area contributed by atoms with Gasteiger partial charge in [0.05, 0.1) is 0 Å². The van der Waals surface area contributed by atoms with Crippen molar-refractivity contribution < 1.29 is 0 Å². The van der Waals surface area contributed by atoms with Crippen LogP contribution in [0, 0.1) is 17.3 Å². The molecule has 96 valence electrons. The molecule has 1 rings (SSSR count). The van der Waals surface area contributed by atoms with Gasteiger partial charge in [-0.25, -0.2) is 0 Å². The lowest BCUT2D eigenvalue weighted by molar-refractivity contribution is 0.137. The second-order valence-electron chi connectivity index (χ2n) is 6.78. The first-order chi connectivity index (χ1) is 7.45. The lowest BCUT2D eigenvalue weighted by Gasteiger charge is -2.38. The van der Waals surface area contributed by atoms with Crippen LogP contribution < -0.4 is 5.73 Å². The van der Waals surface area contributed by atoms with E-state index in [2.05, 4.69) is 27.7 Å². The molecule has 0 amide bonds. The highest BCUT2D eigenvalue weighted by Crippen LogP contribution is 2.40. The van der Waals surface area contributed by atoms with E-state index in [1.165, 1.54) is 44.9 Å².